The summed E-state index contributed by atoms with van der Waals surface area (Å²) in [5.74, 6) is -0.154. The van der Waals surface area contributed by atoms with Gasteiger partial charge in [-0.25, -0.2) is 8.60 Å². The van der Waals surface area contributed by atoms with E-state index < -0.39 is 22.8 Å². The Morgan fingerprint density at radius 2 is 1.66 bits per heavy atom. The van der Waals surface area contributed by atoms with Gasteiger partial charge in [-0.2, -0.15) is 0 Å². The first kappa shape index (κ1) is 28.0. The lowest BCUT2D eigenvalue weighted by molar-refractivity contribution is -0.0379. The number of carbonyl (C=O) groups excluding carboxylic acids is 1. The van der Waals surface area contributed by atoms with E-state index in [1.807, 2.05) is 12.1 Å². The van der Waals surface area contributed by atoms with Gasteiger partial charge in [-0.3, -0.25) is 9.69 Å². The van der Waals surface area contributed by atoms with E-state index in [2.05, 4.69) is 60.4 Å². The second kappa shape index (κ2) is 12.2. The van der Waals surface area contributed by atoms with Gasteiger partial charge in [0.15, 0.2) is 11.1 Å². The molecule has 38 heavy (non-hydrogen) atoms. The van der Waals surface area contributed by atoms with Gasteiger partial charge in [0.1, 0.15) is 11.6 Å². The van der Waals surface area contributed by atoms with Gasteiger partial charge in [0.05, 0.1) is 18.2 Å². The molecule has 2 fully saturated rings. The van der Waals surface area contributed by atoms with Crippen molar-refractivity contribution >= 4 is 17.0 Å². The molecule has 1 aliphatic heterocycles. The number of primary amides is 1. The zero-order valence-electron chi connectivity index (χ0n) is 21.8. The van der Waals surface area contributed by atoms with Crippen LogP contribution in [-0.2, 0) is 11.1 Å². The highest BCUT2D eigenvalue weighted by atomic mass is 32.2. The van der Waals surface area contributed by atoms with Crippen LogP contribution < -0.4 is 10.5 Å². The van der Waals surface area contributed by atoms with Crippen LogP contribution in [0.25, 0.3) is 0 Å². The maximum atomic E-state index is 14.4. The van der Waals surface area contributed by atoms with E-state index in [1.54, 1.807) is 13.0 Å². The van der Waals surface area contributed by atoms with Crippen molar-refractivity contribution in [1.82, 2.24) is 4.90 Å². The summed E-state index contributed by atoms with van der Waals surface area (Å²) in [6.07, 6.45) is 2.06. The van der Waals surface area contributed by atoms with E-state index in [4.69, 9.17) is 15.0 Å². The first-order chi connectivity index (χ1) is 18.2. The molecule has 1 heterocycles. The molecule has 1 aliphatic carbocycles. The summed E-state index contributed by atoms with van der Waals surface area (Å²) in [6.45, 7) is 6.11. The second-order valence-corrected chi connectivity index (χ2v) is 11.6. The summed E-state index contributed by atoms with van der Waals surface area (Å²) < 4.78 is 37.9. The lowest BCUT2D eigenvalue weighted by Crippen LogP contribution is -2.58. The zero-order valence-corrected chi connectivity index (χ0v) is 22.6. The van der Waals surface area contributed by atoms with Gasteiger partial charge in [0, 0.05) is 31.8 Å². The van der Waals surface area contributed by atoms with E-state index in [0.29, 0.717) is 24.0 Å². The van der Waals surface area contributed by atoms with Crippen LogP contribution in [0.5, 0.6) is 5.75 Å². The molecule has 6 nitrogen and oxygen atoms in total. The van der Waals surface area contributed by atoms with Crippen molar-refractivity contribution in [2.45, 2.75) is 38.6 Å². The van der Waals surface area contributed by atoms with Gasteiger partial charge in [0.25, 0.3) is 5.91 Å². The Morgan fingerprint density at radius 3 is 2.11 bits per heavy atom. The molecule has 1 unspecified atom stereocenters. The number of rotatable bonds is 9. The van der Waals surface area contributed by atoms with E-state index in [0.717, 1.165) is 31.5 Å². The van der Waals surface area contributed by atoms with Crippen LogP contribution >= 0.6 is 0 Å². The van der Waals surface area contributed by atoms with Crippen molar-refractivity contribution in [3.63, 3.8) is 0 Å². The second-order valence-electron chi connectivity index (χ2n) is 10.3. The largest absolute Gasteiger partial charge is 0.493 e. The van der Waals surface area contributed by atoms with Crippen molar-refractivity contribution in [3.8, 4) is 5.75 Å². The Bertz CT molecular complexity index is 1230. The monoisotopic (exact) mass is 540 g/mol. The van der Waals surface area contributed by atoms with Crippen LogP contribution in [0.4, 0.5) is 4.39 Å². The van der Waals surface area contributed by atoms with Crippen LogP contribution in [0.1, 0.15) is 67.1 Å². The van der Waals surface area contributed by atoms with E-state index in [9.17, 15) is 13.4 Å². The average molecular weight is 541 g/mol. The quantitative estimate of drug-likeness (QED) is 0.336. The van der Waals surface area contributed by atoms with Crippen LogP contribution in [0, 0.1) is 11.2 Å². The van der Waals surface area contributed by atoms with E-state index in [1.165, 1.54) is 17.2 Å². The number of hydrogen-bond acceptors (Lipinski definition) is 4. The van der Waals surface area contributed by atoms with Crippen LogP contribution in [0.3, 0.4) is 0 Å². The Hall–Kier alpha value is -3.07. The number of nitrogens with zero attached hydrogens (tertiary/aromatic N) is 1. The van der Waals surface area contributed by atoms with Crippen molar-refractivity contribution in [2.75, 3.05) is 25.4 Å². The Kier molecular flexibility index (Phi) is 8.97. The highest BCUT2D eigenvalue weighted by Gasteiger charge is 2.43. The van der Waals surface area contributed by atoms with Crippen LogP contribution in [0.15, 0.2) is 72.8 Å². The summed E-state index contributed by atoms with van der Waals surface area (Å²) in [7, 11) is 0. The number of benzene rings is 3. The molecule has 0 radical (unpaired) electrons. The van der Waals surface area contributed by atoms with E-state index >= 15 is 0 Å². The Morgan fingerprint density at radius 1 is 1.13 bits per heavy atom. The first-order valence-electron chi connectivity index (χ1n) is 12.9. The van der Waals surface area contributed by atoms with Gasteiger partial charge in [-0.15, -0.1) is 0 Å². The third-order valence-electron chi connectivity index (χ3n) is 6.97. The predicted molar refractivity (Wildman–Crippen MR) is 150 cm³/mol. The topological polar surface area (TPSA) is 92.9 Å². The molecule has 1 saturated carbocycles. The molecule has 5 rings (SSSR count). The fourth-order valence-corrected chi connectivity index (χ4v) is 4.94. The molecular formula is C30H37FN2O4S. The number of halogens is 1. The van der Waals surface area contributed by atoms with Gasteiger partial charge >= 0.3 is 0 Å². The van der Waals surface area contributed by atoms with Crippen LogP contribution in [-0.4, -0.2) is 45.0 Å². The number of likely N-dealkylation sites (tertiary alicyclic amines) is 1. The van der Waals surface area contributed by atoms with Gasteiger partial charge in [-0.05, 0) is 41.5 Å². The maximum absolute atomic E-state index is 14.4. The Labute approximate surface area is 227 Å². The van der Waals surface area contributed by atoms with Gasteiger partial charge < -0.3 is 15.0 Å². The summed E-state index contributed by atoms with van der Waals surface area (Å²) >= 11 is -1.57. The molecule has 3 aromatic carbocycles. The number of hydrogen-bond donors (Lipinski definition) is 2. The molecule has 2 aliphatic rings. The Balaban J connectivity index is 0.000000644. The maximum Gasteiger partial charge on any atom is 0.251 e. The van der Waals surface area contributed by atoms with Crippen LogP contribution in [0.2, 0.25) is 0 Å². The minimum atomic E-state index is -1.57. The SMILES string of the molecule is CC1(COc2cc(F)c(C(N)=O)cc2C2CC2)CN(C(c2ccccc2)c2ccccc2)C1.CCS(=O)O.[HH]. The molecule has 1 atom stereocenters. The van der Waals surface area contributed by atoms with E-state index in [-0.39, 0.29) is 18.4 Å². The first-order valence-corrected chi connectivity index (χ1v) is 14.2. The molecule has 1 amide bonds. The number of ether oxygens (including phenoxy) is 1. The average Bonchev–Trinajstić information content (AvgIpc) is 3.73. The zero-order chi connectivity index (χ0) is 27.3. The smallest absolute Gasteiger partial charge is 0.251 e. The molecule has 1 saturated heterocycles. The highest BCUT2D eigenvalue weighted by Crippen LogP contribution is 2.46. The summed E-state index contributed by atoms with van der Waals surface area (Å²) in [5.41, 5.74) is 8.69. The molecular weight excluding hydrogens is 503 g/mol. The molecule has 3 N–H and O–H groups in total. The molecule has 0 bridgehead atoms. The lowest BCUT2D eigenvalue weighted by atomic mass is 9.79. The van der Waals surface area contributed by atoms with Crippen molar-refractivity contribution in [1.29, 1.82) is 0 Å². The number of nitrogens with two attached hydrogens (primary N) is 1. The molecule has 0 aromatic heterocycles. The normalized spacial score (nSPS) is 17.2. The van der Waals surface area contributed by atoms with Crippen molar-refractivity contribution in [2.24, 2.45) is 11.1 Å². The molecule has 3 aromatic rings. The predicted octanol–water partition coefficient (Wildman–Crippen LogP) is 5.77. The molecule has 0 spiro atoms. The standard InChI is InChI=1S/C28H29FN2O2.C2H6O2S.H2/c1-28(18-33-25-15-24(29)23(27(30)32)14-22(25)19-12-13-19)16-31(17-28)26(20-8-4-2-5-9-20)21-10-6-3-7-11-21;1-2-5(3)4;/h2-11,14-15,19,26H,12-13,16-18H2,1H3,(H2,30,32);2H2,1H3,(H,3,4);1H. The summed E-state index contributed by atoms with van der Waals surface area (Å²) in [5, 5.41) is 0. The number of carbonyl (C=O) groups is 1. The van der Waals surface area contributed by atoms with Gasteiger partial charge in [-0.1, -0.05) is 74.5 Å². The van der Waals surface area contributed by atoms with Crippen molar-refractivity contribution in [3.05, 3.63) is 101 Å². The third-order valence-corrected chi connectivity index (χ3v) is 7.46. The molecule has 8 heteroatoms. The molecule has 204 valence electrons. The fraction of sp³-hybridized carbons (Fsp3) is 0.367. The van der Waals surface area contributed by atoms with Crippen molar-refractivity contribution < 1.29 is 24.1 Å². The minimum Gasteiger partial charge on any atom is -0.493 e. The lowest BCUT2D eigenvalue weighted by Gasteiger charge is -2.51. The number of amides is 1. The minimum absolute atomic E-state index is 0. The van der Waals surface area contributed by atoms with Gasteiger partial charge in [0.2, 0.25) is 0 Å². The summed E-state index contributed by atoms with van der Waals surface area (Å²) in [4.78, 5) is 14.0. The summed E-state index contributed by atoms with van der Waals surface area (Å²) in [6, 6.07) is 24.2. The third kappa shape index (κ3) is 6.87. The fourth-order valence-electron chi connectivity index (χ4n) is 4.94. The highest BCUT2D eigenvalue weighted by molar-refractivity contribution is 7.79.